The first-order valence-electron chi connectivity index (χ1n) is 9.13. The third kappa shape index (κ3) is 5.79. The first kappa shape index (κ1) is 19.8. The lowest BCUT2D eigenvalue weighted by molar-refractivity contribution is -0.124. The minimum atomic E-state index is -0.619. The lowest BCUT2D eigenvalue weighted by Gasteiger charge is -2.11. The molecule has 1 aliphatic rings. The molecule has 6 nitrogen and oxygen atoms in total. The Bertz CT molecular complexity index is 803. The molecule has 1 unspecified atom stereocenters. The van der Waals surface area contributed by atoms with Gasteiger partial charge in [0.15, 0.2) is 6.61 Å². The lowest BCUT2D eigenvalue weighted by atomic mass is 10.2. The van der Waals surface area contributed by atoms with Crippen LogP contribution in [0.4, 0.5) is 4.39 Å². The summed E-state index contributed by atoms with van der Waals surface area (Å²) in [6, 6.07) is 12.6. The standard InChI is InChI=1S/C21H22FNO5/c22-19-6-2-1-4-16(19)12-23-20(24)14-28-21(25)15-7-9-17(10-8-15)27-13-18-5-3-11-26-18/h1-2,4,6-10,18H,3,5,11-14H2,(H,23,24). The van der Waals surface area contributed by atoms with E-state index in [1.165, 1.54) is 6.07 Å². The van der Waals surface area contributed by atoms with E-state index in [0.29, 0.717) is 23.5 Å². The second-order valence-electron chi connectivity index (χ2n) is 6.41. The number of halogens is 1. The van der Waals surface area contributed by atoms with Crippen molar-refractivity contribution >= 4 is 11.9 Å². The predicted molar refractivity (Wildman–Crippen MR) is 99.4 cm³/mol. The summed E-state index contributed by atoms with van der Waals surface area (Å²) in [5.41, 5.74) is 0.673. The van der Waals surface area contributed by atoms with Gasteiger partial charge in [-0.25, -0.2) is 9.18 Å². The summed E-state index contributed by atoms with van der Waals surface area (Å²) in [5, 5.41) is 2.51. The van der Waals surface area contributed by atoms with Crippen LogP contribution >= 0.6 is 0 Å². The van der Waals surface area contributed by atoms with Crippen LogP contribution in [0.1, 0.15) is 28.8 Å². The highest BCUT2D eigenvalue weighted by Gasteiger charge is 2.16. The van der Waals surface area contributed by atoms with Gasteiger partial charge in [-0.2, -0.15) is 0 Å². The molecule has 1 N–H and O–H groups in total. The van der Waals surface area contributed by atoms with Gasteiger partial charge in [0.1, 0.15) is 18.2 Å². The Morgan fingerprint density at radius 3 is 2.64 bits per heavy atom. The zero-order valence-corrected chi connectivity index (χ0v) is 15.4. The molecular weight excluding hydrogens is 365 g/mol. The third-order valence-corrected chi connectivity index (χ3v) is 4.32. The van der Waals surface area contributed by atoms with Crippen molar-refractivity contribution in [3.8, 4) is 5.75 Å². The Morgan fingerprint density at radius 2 is 1.93 bits per heavy atom. The summed E-state index contributed by atoms with van der Waals surface area (Å²) in [6.07, 6.45) is 2.16. The highest BCUT2D eigenvalue weighted by Crippen LogP contribution is 2.17. The molecule has 2 aromatic carbocycles. The first-order valence-corrected chi connectivity index (χ1v) is 9.13. The van der Waals surface area contributed by atoms with Crippen molar-refractivity contribution in [2.24, 2.45) is 0 Å². The molecule has 7 heteroatoms. The summed E-state index contributed by atoms with van der Waals surface area (Å²) in [5.74, 6) is -0.892. The lowest BCUT2D eigenvalue weighted by Crippen LogP contribution is -2.28. The molecule has 1 amide bonds. The molecule has 2 aromatic rings. The van der Waals surface area contributed by atoms with Crippen LogP contribution in [-0.2, 0) is 20.8 Å². The molecule has 0 radical (unpaired) electrons. The van der Waals surface area contributed by atoms with Crippen molar-refractivity contribution in [2.45, 2.75) is 25.5 Å². The molecule has 1 atom stereocenters. The molecule has 1 fully saturated rings. The highest BCUT2D eigenvalue weighted by atomic mass is 19.1. The van der Waals surface area contributed by atoms with Gasteiger partial charge >= 0.3 is 5.97 Å². The van der Waals surface area contributed by atoms with Gasteiger partial charge in [-0.1, -0.05) is 18.2 Å². The molecule has 0 saturated carbocycles. The summed E-state index contributed by atoms with van der Waals surface area (Å²) < 4.78 is 29.6. The van der Waals surface area contributed by atoms with Gasteiger partial charge in [0.2, 0.25) is 0 Å². The Kier molecular flexibility index (Phi) is 6.97. The van der Waals surface area contributed by atoms with Gasteiger partial charge in [-0.15, -0.1) is 0 Å². The highest BCUT2D eigenvalue weighted by molar-refractivity contribution is 5.91. The maximum absolute atomic E-state index is 13.5. The minimum Gasteiger partial charge on any atom is -0.491 e. The monoisotopic (exact) mass is 387 g/mol. The molecule has 0 bridgehead atoms. The predicted octanol–water partition coefficient (Wildman–Crippen LogP) is 2.86. The minimum absolute atomic E-state index is 0.0276. The maximum Gasteiger partial charge on any atom is 0.338 e. The van der Waals surface area contributed by atoms with Gasteiger partial charge < -0.3 is 19.5 Å². The van der Waals surface area contributed by atoms with Crippen LogP contribution in [-0.4, -0.2) is 37.8 Å². The fourth-order valence-corrected chi connectivity index (χ4v) is 2.75. The number of benzene rings is 2. The van der Waals surface area contributed by atoms with Crippen molar-refractivity contribution in [3.05, 3.63) is 65.5 Å². The van der Waals surface area contributed by atoms with E-state index >= 15 is 0 Å². The van der Waals surface area contributed by atoms with Crippen molar-refractivity contribution in [1.29, 1.82) is 0 Å². The number of rotatable bonds is 8. The third-order valence-electron chi connectivity index (χ3n) is 4.32. The number of carbonyl (C=O) groups excluding carboxylic acids is 2. The van der Waals surface area contributed by atoms with E-state index in [2.05, 4.69) is 5.32 Å². The van der Waals surface area contributed by atoms with E-state index in [0.717, 1.165) is 19.4 Å². The topological polar surface area (TPSA) is 73.9 Å². The zero-order chi connectivity index (χ0) is 19.8. The van der Waals surface area contributed by atoms with Crippen molar-refractivity contribution < 1.29 is 28.2 Å². The van der Waals surface area contributed by atoms with Crippen molar-refractivity contribution in [3.63, 3.8) is 0 Å². The molecule has 0 spiro atoms. The molecule has 1 heterocycles. The summed E-state index contributed by atoms with van der Waals surface area (Å²) in [4.78, 5) is 23.8. The average Bonchev–Trinajstić information content (AvgIpc) is 3.24. The second-order valence-corrected chi connectivity index (χ2v) is 6.41. The van der Waals surface area contributed by atoms with Gasteiger partial charge in [0.25, 0.3) is 5.91 Å². The normalized spacial score (nSPS) is 15.8. The van der Waals surface area contributed by atoms with E-state index in [4.69, 9.17) is 14.2 Å². The molecule has 3 rings (SSSR count). The van der Waals surface area contributed by atoms with Crippen molar-refractivity contribution in [2.75, 3.05) is 19.8 Å². The zero-order valence-electron chi connectivity index (χ0n) is 15.4. The largest absolute Gasteiger partial charge is 0.491 e. The number of amides is 1. The van der Waals surface area contributed by atoms with Gasteiger partial charge in [0, 0.05) is 18.7 Å². The smallest absolute Gasteiger partial charge is 0.338 e. The van der Waals surface area contributed by atoms with Crippen LogP contribution in [0.5, 0.6) is 5.75 Å². The molecule has 1 saturated heterocycles. The van der Waals surface area contributed by atoms with E-state index in [1.54, 1.807) is 42.5 Å². The number of hydrogen-bond donors (Lipinski definition) is 1. The number of nitrogens with one attached hydrogen (secondary N) is 1. The number of ether oxygens (including phenoxy) is 3. The van der Waals surface area contributed by atoms with Crippen LogP contribution in [0.3, 0.4) is 0 Å². The Morgan fingerprint density at radius 1 is 1.14 bits per heavy atom. The number of carbonyl (C=O) groups is 2. The van der Waals surface area contributed by atoms with Crippen LogP contribution in [0.25, 0.3) is 0 Å². The van der Waals surface area contributed by atoms with E-state index in [-0.39, 0.29) is 12.6 Å². The Labute approximate surface area is 162 Å². The fourth-order valence-electron chi connectivity index (χ4n) is 2.75. The second kappa shape index (κ2) is 9.85. The summed E-state index contributed by atoms with van der Waals surface area (Å²) >= 11 is 0. The van der Waals surface area contributed by atoms with Crippen LogP contribution in [0.15, 0.2) is 48.5 Å². The maximum atomic E-state index is 13.5. The average molecular weight is 387 g/mol. The number of esters is 1. The Hall–Kier alpha value is -2.93. The number of hydrogen-bond acceptors (Lipinski definition) is 5. The van der Waals surface area contributed by atoms with Crippen molar-refractivity contribution in [1.82, 2.24) is 5.32 Å². The van der Waals surface area contributed by atoms with Gasteiger partial charge in [0.05, 0.1) is 11.7 Å². The van der Waals surface area contributed by atoms with E-state index in [9.17, 15) is 14.0 Å². The molecule has 0 aliphatic carbocycles. The summed E-state index contributed by atoms with van der Waals surface area (Å²) in [7, 11) is 0. The van der Waals surface area contributed by atoms with Crippen LogP contribution < -0.4 is 10.1 Å². The Balaban J connectivity index is 1.40. The fraction of sp³-hybridized carbons (Fsp3) is 0.333. The quantitative estimate of drug-likeness (QED) is 0.705. The summed E-state index contributed by atoms with van der Waals surface area (Å²) in [6.45, 7) is 0.836. The molecule has 0 aromatic heterocycles. The first-order chi connectivity index (χ1) is 13.6. The SMILES string of the molecule is O=C(COC(=O)c1ccc(OCC2CCCO2)cc1)NCc1ccccc1F. The van der Waals surface area contributed by atoms with E-state index in [1.807, 2.05) is 0 Å². The van der Waals surface area contributed by atoms with Gasteiger partial charge in [-0.3, -0.25) is 4.79 Å². The molecule has 28 heavy (non-hydrogen) atoms. The molecule has 148 valence electrons. The van der Waals surface area contributed by atoms with Crippen LogP contribution in [0, 0.1) is 5.82 Å². The molecule has 1 aliphatic heterocycles. The van der Waals surface area contributed by atoms with E-state index < -0.39 is 24.3 Å². The van der Waals surface area contributed by atoms with Crippen LogP contribution in [0.2, 0.25) is 0 Å². The molecular formula is C21H22FNO5. The van der Waals surface area contributed by atoms with Gasteiger partial charge in [-0.05, 0) is 43.2 Å².